The molecule has 4 heteroatoms. The van der Waals surface area contributed by atoms with Crippen molar-refractivity contribution in [3.63, 3.8) is 0 Å². The molecule has 1 aromatic heterocycles. The van der Waals surface area contributed by atoms with E-state index in [4.69, 9.17) is 0 Å². The van der Waals surface area contributed by atoms with E-state index in [1.54, 1.807) is 36.1 Å². The lowest BCUT2D eigenvalue weighted by atomic mass is 10.1. The standard InChI is InChI=1S/C11H9BrN2O/c1-14-10(5-6-13-14)11(15)8-3-2-4-9(12)7-8/h2-7H,1H3. The van der Waals surface area contributed by atoms with Crippen LogP contribution in [0.3, 0.4) is 0 Å². The number of nitrogens with zero attached hydrogens (tertiary/aromatic N) is 2. The molecule has 0 saturated carbocycles. The average molecular weight is 265 g/mol. The predicted octanol–water partition coefficient (Wildman–Crippen LogP) is 2.41. The monoisotopic (exact) mass is 264 g/mol. The van der Waals surface area contributed by atoms with Gasteiger partial charge in [0.25, 0.3) is 0 Å². The van der Waals surface area contributed by atoms with E-state index >= 15 is 0 Å². The second kappa shape index (κ2) is 3.98. The summed E-state index contributed by atoms with van der Waals surface area (Å²) >= 11 is 3.34. The molecule has 2 aromatic rings. The molecule has 0 saturated heterocycles. The molecule has 0 aliphatic heterocycles. The first-order chi connectivity index (χ1) is 7.18. The van der Waals surface area contributed by atoms with Crippen molar-refractivity contribution in [1.82, 2.24) is 9.78 Å². The molecule has 1 aromatic carbocycles. The Balaban J connectivity index is 2.41. The summed E-state index contributed by atoms with van der Waals surface area (Å²) < 4.78 is 2.47. The van der Waals surface area contributed by atoms with Crippen LogP contribution in [0.25, 0.3) is 0 Å². The lowest BCUT2D eigenvalue weighted by Gasteiger charge is -2.01. The highest BCUT2D eigenvalue weighted by molar-refractivity contribution is 9.10. The molecule has 0 spiro atoms. The Morgan fingerprint density at radius 3 is 2.80 bits per heavy atom. The number of hydrogen-bond donors (Lipinski definition) is 0. The second-order valence-electron chi connectivity index (χ2n) is 3.18. The molecule has 0 aliphatic rings. The molecule has 0 unspecified atom stereocenters. The number of rotatable bonds is 2. The first kappa shape index (κ1) is 10.1. The number of hydrogen-bond acceptors (Lipinski definition) is 2. The summed E-state index contributed by atoms with van der Waals surface area (Å²) in [7, 11) is 1.76. The summed E-state index contributed by atoms with van der Waals surface area (Å²) in [5.41, 5.74) is 1.25. The molecule has 0 atom stereocenters. The van der Waals surface area contributed by atoms with Crippen LogP contribution in [0.2, 0.25) is 0 Å². The number of aromatic nitrogens is 2. The summed E-state index contributed by atoms with van der Waals surface area (Å²) in [6.45, 7) is 0. The highest BCUT2D eigenvalue weighted by Gasteiger charge is 2.12. The van der Waals surface area contributed by atoms with Gasteiger partial charge >= 0.3 is 0 Å². The molecule has 1 heterocycles. The third kappa shape index (κ3) is 1.99. The number of carbonyl (C=O) groups is 1. The van der Waals surface area contributed by atoms with Gasteiger partial charge in [0.1, 0.15) is 5.69 Å². The van der Waals surface area contributed by atoms with Gasteiger partial charge in [0, 0.05) is 23.3 Å². The van der Waals surface area contributed by atoms with Gasteiger partial charge in [-0.1, -0.05) is 28.1 Å². The maximum Gasteiger partial charge on any atom is 0.211 e. The van der Waals surface area contributed by atoms with Crippen molar-refractivity contribution in [2.24, 2.45) is 7.05 Å². The van der Waals surface area contributed by atoms with Gasteiger partial charge in [-0.15, -0.1) is 0 Å². The van der Waals surface area contributed by atoms with Crippen molar-refractivity contribution < 1.29 is 4.79 Å². The zero-order valence-electron chi connectivity index (χ0n) is 8.14. The molecule has 2 rings (SSSR count). The fourth-order valence-corrected chi connectivity index (χ4v) is 1.77. The maximum atomic E-state index is 12.0. The maximum absolute atomic E-state index is 12.0. The fraction of sp³-hybridized carbons (Fsp3) is 0.0909. The summed E-state index contributed by atoms with van der Waals surface area (Å²) in [6.07, 6.45) is 1.62. The Morgan fingerprint density at radius 1 is 1.40 bits per heavy atom. The number of ketones is 1. The van der Waals surface area contributed by atoms with E-state index in [0.29, 0.717) is 11.3 Å². The van der Waals surface area contributed by atoms with Gasteiger partial charge in [-0.25, -0.2) is 0 Å². The topological polar surface area (TPSA) is 34.9 Å². The molecule has 0 fully saturated rings. The molecule has 0 bridgehead atoms. The van der Waals surface area contributed by atoms with Crippen molar-refractivity contribution in [1.29, 1.82) is 0 Å². The predicted molar refractivity (Wildman–Crippen MR) is 60.8 cm³/mol. The van der Waals surface area contributed by atoms with E-state index in [0.717, 1.165) is 4.47 Å². The minimum atomic E-state index is -0.0173. The summed E-state index contributed by atoms with van der Waals surface area (Å²) in [5.74, 6) is -0.0173. The first-order valence-electron chi connectivity index (χ1n) is 4.47. The van der Waals surface area contributed by atoms with Crippen LogP contribution in [-0.2, 0) is 7.05 Å². The van der Waals surface area contributed by atoms with Crippen LogP contribution in [0.1, 0.15) is 16.1 Å². The van der Waals surface area contributed by atoms with Gasteiger partial charge in [-0.2, -0.15) is 5.10 Å². The Labute approximate surface area is 95.9 Å². The number of benzene rings is 1. The Kier molecular flexibility index (Phi) is 2.68. The van der Waals surface area contributed by atoms with Crippen LogP contribution >= 0.6 is 15.9 Å². The number of aryl methyl sites for hydroxylation is 1. The smallest absolute Gasteiger partial charge is 0.211 e. The molecule has 0 aliphatic carbocycles. The van der Waals surface area contributed by atoms with Crippen LogP contribution < -0.4 is 0 Å². The van der Waals surface area contributed by atoms with E-state index in [9.17, 15) is 4.79 Å². The van der Waals surface area contributed by atoms with Gasteiger partial charge in [-0.05, 0) is 18.2 Å². The zero-order chi connectivity index (χ0) is 10.8. The van der Waals surface area contributed by atoms with E-state index in [-0.39, 0.29) is 5.78 Å². The lowest BCUT2D eigenvalue weighted by Crippen LogP contribution is -2.07. The van der Waals surface area contributed by atoms with Crippen molar-refractivity contribution in [2.75, 3.05) is 0 Å². The summed E-state index contributed by atoms with van der Waals surface area (Å²) in [6, 6.07) is 9.03. The summed E-state index contributed by atoms with van der Waals surface area (Å²) in [4.78, 5) is 12.0. The van der Waals surface area contributed by atoms with E-state index in [1.807, 2.05) is 12.1 Å². The minimum Gasteiger partial charge on any atom is -0.287 e. The Hall–Kier alpha value is -1.42. The van der Waals surface area contributed by atoms with Gasteiger partial charge < -0.3 is 0 Å². The molecule has 3 nitrogen and oxygen atoms in total. The van der Waals surface area contributed by atoms with Gasteiger partial charge in [0.15, 0.2) is 0 Å². The van der Waals surface area contributed by atoms with Gasteiger partial charge in [0.05, 0.1) is 0 Å². The van der Waals surface area contributed by atoms with Crippen LogP contribution in [-0.4, -0.2) is 15.6 Å². The first-order valence-corrected chi connectivity index (χ1v) is 5.26. The van der Waals surface area contributed by atoms with Crippen molar-refractivity contribution in [2.45, 2.75) is 0 Å². The van der Waals surface area contributed by atoms with E-state index < -0.39 is 0 Å². The van der Waals surface area contributed by atoms with Crippen molar-refractivity contribution >= 4 is 21.7 Å². The number of halogens is 1. The Bertz CT molecular complexity index is 505. The molecule has 0 amide bonds. The Morgan fingerprint density at radius 2 is 2.20 bits per heavy atom. The van der Waals surface area contributed by atoms with Gasteiger partial charge in [-0.3, -0.25) is 9.48 Å². The molecule has 15 heavy (non-hydrogen) atoms. The van der Waals surface area contributed by atoms with Crippen molar-refractivity contribution in [3.8, 4) is 0 Å². The highest BCUT2D eigenvalue weighted by Crippen LogP contribution is 2.14. The second-order valence-corrected chi connectivity index (χ2v) is 4.10. The molecule has 0 radical (unpaired) electrons. The fourth-order valence-electron chi connectivity index (χ4n) is 1.37. The average Bonchev–Trinajstić information content (AvgIpc) is 2.63. The highest BCUT2D eigenvalue weighted by atomic mass is 79.9. The molecular weight excluding hydrogens is 256 g/mol. The molecule has 0 N–H and O–H groups in total. The van der Waals surface area contributed by atoms with Gasteiger partial charge in [0.2, 0.25) is 5.78 Å². The molecular formula is C11H9BrN2O. The minimum absolute atomic E-state index is 0.0173. The molecule has 76 valence electrons. The third-order valence-corrected chi connectivity index (χ3v) is 2.63. The SMILES string of the molecule is Cn1nccc1C(=O)c1cccc(Br)c1. The van der Waals surface area contributed by atoms with E-state index in [1.165, 1.54) is 0 Å². The lowest BCUT2D eigenvalue weighted by molar-refractivity contribution is 0.103. The third-order valence-electron chi connectivity index (χ3n) is 2.14. The quantitative estimate of drug-likeness (QED) is 0.781. The van der Waals surface area contributed by atoms with Crippen LogP contribution in [0.4, 0.5) is 0 Å². The zero-order valence-corrected chi connectivity index (χ0v) is 9.73. The van der Waals surface area contributed by atoms with Crippen LogP contribution in [0.15, 0.2) is 41.0 Å². The summed E-state index contributed by atoms with van der Waals surface area (Å²) in [5, 5.41) is 3.97. The number of carbonyl (C=O) groups excluding carboxylic acids is 1. The van der Waals surface area contributed by atoms with Crippen LogP contribution in [0.5, 0.6) is 0 Å². The normalized spacial score (nSPS) is 10.3. The van der Waals surface area contributed by atoms with Crippen molar-refractivity contribution in [3.05, 3.63) is 52.3 Å². The van der Waals surface area contributed by atoms with Crippen LogP contribution in [0, 0.1) is 0 Å². The van der Waals surface area contributed by atoms with E-state index in [2.05, 4.69) is 21.0 Å². The largest absolute Gasteiger partial charge is 0.287 e.